The molecule has 6 nitrogen and oxygen atoms in total. The zero-order valence-corrected chi connectivity index (χ0v) is 11.8. The molecule has 2 rings (SSSR count). The Morgan fingerprint density at radius 1 is 1.26 bits per heavy atom. The van der Waals surface area contributed by atoms with Gasteiger partial charge < -0.3 is 10.6 Å². The summed E-state index contributed by atoms with van der Waals surface area (Å²) in [6, 6.07) is 2.32. The van der Waals surface area contributed by atoms with Crippen LogP contribution < -0.4 is 10.6 Å². The molecule has 0 aromatic carbocycles. The molecule has 1 aromatic heterocycles. The maximum absolute atomic E-state index is 7.49. The fourth-order valence-electron chi connectivity index (χ4n) is 2.27. The molecule has 19 heavy (non-hydrogen) atoms. The Labute approximate surface area is 114 Å². The average Bonchev–Trinajstić information content (AvgIpc) is 2.38. The van der Waals surface area contributed by atoms with Crippen LogP contribution in [0, 0.1) is 12.3 Å². The maximum Gasteiger partial charge on any atom is 0.226 e. The second kappa shape index (κ2) is 5.52. The molecule has 0 aliphatic carbocycles. The molecule has 1 fully saturated rings. The van der Waals surface area contributed by atoms with Gasteiger partial charge in [-0.3, -0.25) is 10.3 Å². The van der Waals surface area contributed by atoms with Gasteiger partial charge in [-0.2, -0.15) is 0 Å². The molecule has 0 atom stereocenters. The van der Waals surface area contributed by atoms with Crippen LogP contribution in [0.25, 0.3) is 0 Å². The van der Waals surface area contributed by atoms with Crippen LogP contribution in [0.1, 0.15) is 25.2 Å². The van der Waals surface area contributed by atoms with Crippen LogP contribution in [0.3, 0.4) is 0 Å². The highest BCUT2D eigenvalue weighted by molar-refractivity contribution is 5.93. The summed E-state index contributed by atoms with van der Waals surface area (Å²) in [6.07, 6.45) is 0. The number of hydrogen-bond acceptors (Lipinski definition) is 5. The van der Waals surface area contributed by atoms with Gasteiger partial charge in [0.05, 0.1) is 0 Å². The molecular formula is C13H22N6. The van der Waals surface area contributed by atoms with Crippen LogP contribution in [-0.2, 0) is 0 Å². The van der Waals surface area contributed by atoms with Crippen LogP contribution in [0.5, 0.6) is 0 Å². The second-order valence-electron chi connectivity index (χ2n) is 5.23. The number of nitrogens with two attached hydrogens (primary N) is 1. The topological polar surface area (TPSA) is 82.1 Å². The van der Waals surface area contributed by atoms with Gasteiger partial charge in [0.15, 0.2) is 0 Å². The number of hydrogen-bond donors (Lipinski definition) is 2. The van der Waals surface area contributed by atoms with E-state index in [-0.39, 0.29) is 5.84 Å². The summed E-state index contributed by atoms with van der Waals surface area (Å²) in [6.45, 7) is 10.2. The van der Waals surface area contributed by atoms with Crippen molar-refractivity contribution in [1.29, 1.82) is 5.41 Å². The maximum atomic E-state index is 7.49. The first kappa shape index (κ1) is 13.7. The first-order chi connectivity index (χ1) is 8.97. The van der Waals surface area contributed by atoms with Crippen molar-refractivity contribution < 1.29 is 0 Å². The molecule has 0 unspecified atom stereocenters. The summed E-state index contributed by atoms with van der Waals surface area (Å²) in [7, 11) is 0. The Morgan fingerprint density at radius 3 is 2.42 bits per heavy atom. The van der Waals surface area contributed by atoms with Crippen molar-refractivity contribution in [3.05, 3.63) is 17.5 Å². The van der Waals surface area contributed by atoms with Crippen LogP contribution in [0.15, 0.2) is 6.07 Å². The van der Waals surface area contributed by atoms with Crippen molar-refractivity contribution >= 4 is 11.8 Å². The molecule has 2 heterocycles. The van der Waals surface area contributed by atoms with E-state index in [1.807, 2.05) is 6.92 Å². The minimum absolute atomic E-state index is 0.00688. The Morgan fingerprint density at radius 2 is 1.89 bits per heavy atom. The van der Waals surface area contributed by atoms with Gasteiger partial charge in [-0.25, -0.2) is 9.97 Å². The van der Waals surface area contributed by atoms with Gasteiger partial charge in [-0.1, -0.05) is 0 Å². The number of rotatable bonds is 3. The monoisotopic (exact) mass is 262 g/mol. The molecule has 1 aromatic rings. The highest BCUT2D eigenvalue weighted by atomic mass is 15.3. The third-order valence-electron chi connectivity index (χ3n) is 3.45. The van der Waals surface area contributed by atoms with Crippen molar-refractivity contribution in [2.24, 2.45) is 5.73 Å². The van der Waals surface area contributed by atoms with E-state index in [9.17, 15) is 0 Å². The van der Waals surface area contributed by atoms with Crippen LogP contribution in [0.4, 0.5) is 5.95 Å². The largest absolute Gasteiger partial charge is 0.382 e. The van der Waals surface area contributed by atoms with Gasteiger partial charge in [0.1, 0.15) is 11.5 Å². The summed E-state index contributed by atoms with van der Waals surface area (Å²) < 4.78 is 0. The molecule has 0 bridgehead atoms. The number of nitrogens with zero attached hydrogens (tertiary/aromatic N) is 4. The number of anilines is 1. The zero-order valence-electron chi connectivity index (χ0n) is 11.8. The fraction of sp³-hybridized carbons (Fsp3) is 0.615. The summed E-state index contributed by atoms with van der Waals surface area (Å²) in [5.41, 5.74) is 6.87. The lowest BCUT2D eigenvalue weighted by molar-refractivity contribution is 0.208. The summed E-state index contributed by atoms with van der Waals surface area (Å²) in [4.78, 5) is 13.4. The third-order valence-corrected chi connectivity index (χ3v) is 3.45. The molecule has 6 heteroatoms. The lowest BCUT2D eigenvalue weighted by Crippen LogP contribution is -2.49. The van der Waals surface area contributed by atoms with E-state index in [2.05, 4.69) is 33.6 Å². The molecule has 3 N–H and O–H groups in total. The molecular weight excluding hydrogens is 240 g/mol. The molecule has 1 saturated heterocycles. The predicted octanol–water partition coefficient (Wildman–Crippen LogP) is 0.599. The molecule has 0 spiro atoms. The highest BCUT2D eigenvalue weighted by Crippen LogP contribution is 2.14. The van der Waals surface area contributed by atoms with Gasteiger partial charge in [0, 0.05) is 37.9 Å². The smallest absolute Gasteiger partial charge is 0.226 e. The van der Waals surface area contributed by atoms with E-state index < -0.39 is 0 Å². The van der Waals surface area contributed by atoms with E-state index in [0.29, 0.717) is 17.7 Å². The Balaban J connectivity index is 2.13. The zero-order chi connectivity index (χ0) is 14.0. The van der Waals surface area contributed by atoms with Crippen LogP contribution >= 0.6 is 0 Å². The number of aromatic nitrogens is 2. The van der Waals surface area contributed by atoms with E-state index >= 15 is 0 Å². The third kappa shape index (κ3) is 3.20. The average molecular weight is 262 g/mol. The van der Waals surface area contributed by atoms with Crippen molar-refractivity contribution in [2.45, 2.75) is 26.8 Å². The van der Waals surface area contributed by atoms with Gasteiger partial charge in [0.25, 0.3) is 0 Å². The number of piperazine rings is 1. The van der Waals surface area contributed by atoms with Gasteiger partial charge >= 0.3 is 0 Å². The Bertz CT molecular complexity index is 462. The summed E-state index contributed by atoms with van der Waals surface area (Å²) in [5.74, 6) is 0.682. The van der Waals surface area contributed by atoms with Crippen molar-refractivity contribution in [3.63, 3.8) is 0 Å². The van der Waals surface area contributed by atoms with E-state index in [0.717, 1.165) is 31.9 Å². The molecule has 0 amide bonds. The van der Waals surface area contributed by atoms with Gasteiger partial charge in [-0.15, -0.1) is 0 Å². The number of nitrogen functional groups attached to an aromatic ring is 1. The number of aryl methyl sites for hydroxylation is 1. The quantitative estimate of drug-likeness (QED) is 0.616. The van der Waals surface area contributed by atoms with E-state index in [1.54, 1.807) is 6.07 Å². The van der Waals surface area contributed by atoms with Crippen molar-refractivity contribution in [3.8, 4) is 0 Å². The van der Waals surface area contributed by atoms with Gasteiger partial charge in [-0.05, 0) is 26.8 Å². The highest BCUT2D eigenvalue weighted by Gasteiger charge is 2.21. The van der Waals surface area contributed by atoms with Crippen molar-refractivity contribution in [2.75, 3.05) is 31.1 Å². The lowest BCUT2D eigenvalue weighted by atomic mass is 10.2. The molecule has 104 valence electrons. The first-order valence-electron chi connectivity index (χ1n) is 6.66. The van der Waals surface area contributed by atoms with Crippen LogP contribution in [-0.4, -0.2) is 52.9 Å². The molecule has 1 aliphatic heterocycles. The first-order valence-corrected chi connectivity index (χ1v) is 6.66. The molecule has 0 radical (unpaired) electrons. The second-order valence-corrected chi connectivity index (χ2v) is 5.23. The van der Waals surface area contributed by atoms with E-state index in [4.69, 9.17) is 11.1 Å². The summed E-state index contributed by atoms with van der Waals surface area (Å²) >= 11 is 0. The van der Waals surface area contributed by atoms with E-state index in [1.165, 1.54) is 0 Å². The molecule has 1 aliphatic rings. The van der Waals surface area contributed by atoms with Crippen LogP contribution in [0.2, 0.25) is 0 Å². The number of amidine groups is 1. The Kier molecular flexibility index (Phi) is 3.99. The predicted molar refractivity (Wildman–Crippen MR) is 76.7 cm³/mol. The standard InChI is InChI=1S/C13H22N6/c1-9(2)18-4-6-19(7-5-18)13-16-10(3)8-11(17-13)12(14)15/h8-9H,4-7H2,1-3H3,(H3,14,15). The minimum Gasteiger partial charge on any atom is -0.382 e. The minimum atomic E-state index is -0.00688. The fourth-order valence-corrected chi connectivity index (χ4v) is 2.27. The molecule has 0 saturated carbocycles. The van der Waals surface area contributed by atoms with Gasteiger partial charge in [0.2, 0.25) is 5.95 Å². The Hall–Kier alpha value is -1.69. The van der Waals surface area contributed by atoms with Crippen molar-refractivity contribution in [1.82, 2.24) is 14.9 Å². The normalized spacial score (nSPS) is 16.9. The SMILES string of the molecule is Cc1cc(C(=N)N)nc(N2CCN(C(C)C)CC2)n1. The number of nitrogens with one attached hydrogen (secondary N) is 1. The lowest BCUT2D eigenvalue weighted by Gasteiger charge is -2.37. The summed E-state index contributed by atoms with van der Waals surface area (Å²) in [5, 5.41) is 7.49.